The molecule has 0 spiro atoms. The Labute approximate surface area is 88.7 Å². The number of halogens is 3. The SMILES string of the molecule is CC(=O)NC(CNOCC(F)(F)F)C(=O)O. The molecule has 9 heteroatoms. The van der Waals surface area contributed by atoms with Crippen LogP contribution in [0.2, 0.25) is 0 Å². The molecule has 0 rings (SSSR count). The fourth-order valence-electron chi connectivity index (χ4n) is 0.721. The molecule has 0 radical (unpaired) electrons. The van der Waals surface area contributed by atoms with Gasteiger partial charge in [-0.1, -0.05) is 0 Å². The lowest BCUT2D eigenvalue weighted by atomic mass is 10.3. The highest BCUT2D eigenvalue weighted by Crippen LogP contribution is 2.13. The van der Waals surface area contributed by atoms with Crippen molar-refractivity contribution in [3.8, 4) is 0 Å². The summed E-state index contributed by atoms with van der Waals surface area (Å²) in [5.74, 6) is -1.98. The zero-order chi connectivity index (χ0) is 12.8. The normalized spacial score (nSPS) is 13.2. The number of carboxylic acid groups (broad SMARTS) is 1. The molecule has 1 amide bonds. The Morgan fingerprint density at radius 3 is 2.38 bits per heavy atom. The predicted octanol–water partition coefficient (Wildman–Crippen LogP) is -0.341. The van der Waals surface area contributed by atoms with Crippen LogP contribution in [0.1, 0.15) is 6.92 Å². The number of alkyl halides is 3. The average molecular weight is 244 g/mol. The highest BCUT2D eigenvalue weighted by Gasteiger charge is 2.28. The molecule has 0 aliphatic rings. The first kappa shape index (κ1) is 14.6. The molecule has 3 N–H and O–H groups in total. The molecule has 0 fully saturated rings. The molecular weight excluding hydrogens is 233 g/mol. The quantitative estimate of drug-likeness (QED) is 0.439. The maximum atomic E-state index is 11.6. The smallest absolute Gasteiger partial charge is 0.413 e. The molecular formula is C7H11F3N2O4. The zero-order valence-electron chi connectivity index (χ0n) is 8.30. The first-order chi connectivity index (χ1) is 7.22. The van der Waals surface area contributed by atoms with Crippen molar-refractivity contribution >= 4 is 11.9 Å². The highest BCUT2D eigenvalue weighted by molar-refractivity contribution is 5.82. The van der Waals surface area contributed by atoms with Gasteiger partial charge in [-0.05, 0) is 0 Å². The molecule has 0 aromatic carbocycles. The lowest BCUT2D eigenvalue weighted by Crippen LogP contribution is -2.46. The number of hydrogen-bond acceptors (Lipinski definition) is 4. The minimum Gasteiger partial charge on any atom is -0.480 e. The van der Waals surface area contributed by atoms with Crippen molar-refractivity contribution in [2.24, 2.45) is 0 Å². The molecule has 0 aliphatic carbocycles. The molecule has 0 heterocycles. The highest BCUT2D eigenvalue weighted by atomic mass is 19.4. The van der Waals surface area contributed by atoms with Crippen molar-refractivity contribution in [3.05, 3.63) is 0 Å². The van der Waals surface area contributed by atoms with Crippen LogP contribution in [0.5, 0.6) is 0 Å². The van der Waals surface area contributed by atoms with Gasteiger partial charge in [0.2, 0.25) is 5.91 Å². The molecule has 1 atom stereocenters. The zero-order valence-corrected chi connectivity index (χ0v) is 8.30. The van der Waals surface area contributed by atoms with Gasteiger partial charge in [0.25, 0.3) is 0 Å². The Morgan fingerprint density at radius 1 is 1.44 bits per heavy atom. The molecule has 0 aromatic heterocycles. The second-order valence-electron chi connectivity index (χ2n) is 2.84. The van der Waals surface area contributed by atoms with Crippen LogP contribution in [0.25, 0.3) is 0 Å². The van der Waals surface area contributed by atoms with Gasteiger partial charge in [0.15, 0.2) is 6.61 Å². The van der Waals surface area contributed by atoms with E-state index in [1.54, 1.807) is 0 Å². The molecule has 0 saturated carbocycles. The van der Waals surface area contributed by atoms with Gasteiger partial charge in [-0.25, -0.2) is 4.79 Å². The number of carboxylic acids is 1. The third-order valence-electron chi connectivity index (χ3n) is 1.30. The summed E-state index contributed by atoms with van der Waals surface area (Å²) in [5, 5.41) is 10.6. The van der Waals surface area contributed by atoms with Crippen LogP contribution in [0.15, 0.2) is 0 Å². The number of amides is 1. The first-order valence-corrected chi connectivity index (χ1v) is 4.13. The van der Waals surface area contributed by atoms with Crippen LogP contribution in [-0.2, 0) is 14.4 Å². The lowest BCUT2D eigenvalue weighted by Gasteiger charge is -2.14. The number of carbonyl (C=O) groups excluding carboxylic acids is 1. The summed E-state index contributed by atoms with van der Waals surface area (Å²) in [4.78, 5) is 25.0. The average Bonchev–Trinajstić information content (AvgIpc) is 2.07. The first-order valence-electron chi connectivity index (χ1n) is 4.13. The number of aliphatic carboxylic acids is 1. The minimum absolute atomic E-state index is 0.467. The standard InChI is InChI=1S/C7H11F3N2O4/c1-4(13)12-5(6(14)15)2-11-16-3-7(8,9)10/h5,11H,2-3H2,1H3,(H,12,13)(H,14,15). The van der Waals surface area contributed by atoms with Crippen molar-refractivity contribution in [3.63, 3.8) is 0 Å². The summed E-state index contributed by atoms with van der Waals surface area (Å²) < 4.78 is 34.8. The van der Waals surface area contributed by atoms with Gasteiger partial charge in [0.05, 0.1) is 6.54 Å². The molecule has 0 bridgehead atoms. The van der Waals surface area contributed by atoms with E-state index in [0.29, 0.717) is 0 Å². The van der Waals surface area contributed by atoms with Crippen molar-refractivity contribution in [1.82, 2.24) is 10.8 Å². The fourth-order valence-corrected chi connectivity index (χ4v) is 0.721. The van der Waals surface area contributed by atoms with Gasteiger partial charge in [-0.3, -0.25) is 9.63 Å². The van der Waals surface area contributed by atoms with E-state index < -0.39 is 37.2 Å². The maximum absolute atomic E-state index is 11.6. The van der Waals surface area contributed by atoms with Crippen molar-refractivity contribution in [2.45, 2.75) is 19.1 Å². The Kier molecular flexibility index (Phi) is 5.75. The van der Waals surface area contributed by atoms with Gasteiger partial charge < -0.3 is 10.4 Å². The molecule has 0 saturated heterocycles. The number of rotatable bonds is 6. The van der Waals surface area contributed by atoms with Gasteiger partial charge in [0.1, 0.15) is 6.04 Å². The number of carbonyl (C=O) groups is 2. The minimum atomic E-state index is -4.50. The molecule has 0 aliphatic heterocycles. The molecule has 1 unspecified atom stereocenters. The van der Waals surface area contributed by atoms with Crippen LogP contribution >= 0.6 is 0 Å². The summed E-state index contributed by atoms with van der Waals surface area (Å²) in [6.07, 6.45) is -4.50. The van der Waals surface area contributed by atoms with E-state index in [2.05, 4.69) is 4.84 Å². The maximum Gasteiger partial charge on any atom is 0.413 e. The number of hydrogen-bond donors (Lipinski definition) is 3. The van der Waals surface area contributed by atoms with E-state index in [1.165, 1.54) is 0 Å². The largest absolute Gasteiger partial charge is 0.480 e. The van der Waals surface area contributed by atoms with Crippen LogP contribution in [-0.4, -0.2) is 42.4 Å². The van der Waals surface area contributed by atoms with Crippen LogP contribution < -0.4 is 10.8 Å². The van der Waals surface area contributed by atoms with Crippen LogP contribution in [0, 0.1) is 0 Å². The summed E-state index contributed by atoms with van der Waals surface area (Å²) in [7, 11) is 0. The van der Waals surface area contributed by atoms with Crippen LogP contribution in [0.4, 0.5) is 13.2 Å². The summed E-state index contributed by atoms with van der Waals surface area (Å²) >= 11 is 0. The Balaban J connectivity index is 3.86. The van der Waals surface area contributed by atoms with E-state index >= 15 is 0 Å². The molecule has 16 heavy (non-hydrogen) atoms. The van der Waals surface area contributed by atoms with Crippen molar-refractivity contribution in [1.29, 1.82) is 0 Å². The summed E-state index contributed by atoms with van der Waals surface area (Å²) in [6, 6.07) is -1.34. The van der Waals surface area contributed by atoms with E-state index in [1.807, 2.05) is 10.8 Å². The Bertz CT molecular complexity index is 257. The van der Waals surface area contributed by atoms with E-state index in [4.69, 9.17) is 5.11 Å². The summed E-state index contributed by atoms with van der Waals surface area (Å²) in [6.45, 7) is -0.920. The van der Waals surface area contributed by atoms with Crippen LogP contribution in [0.3, 0.4) is 0 Å². The summed E-state index contributed by atoms with van der Waals surface area (Å²) in [5.41, 5.74) is 1.81. The van der Waals surface area contributed by atoms with Gasteiger partial charge >= 0.3 is 12.1 Å². The van der Waals surface area contributed by atoms with Crippen molar-refractivity contribution in [2.75, 3.05) is 13.2 Å². The second kappa shape index (κ2) is 6.28. The molecule has 0 aromatic rings. The second-order valence-corrected chi connectivity index (χ2v) is 2.84. The molecule has 6 nitrogen and oxygen atoms in total. The Hall–Kier alpha value is -1.35. The van der Waals surface area contributed by atoms with E-state index in [-0.39, 0.29) is 0 Å². The third-order valence-corrected chi connectivity index (χ3v) is 1.30. The monoisotopic (exact) mass is 244 g/mol. The van der Waals surface area contributed by atoms with Gasteiger partial charge in [0, 0.05) is 6.92 Å². The van der Waals surface area contributed by atoms with Gasteiger partial charge in [-0.15, -0.1) is 0 Å². The number of nitrogens with one attached hydrogen (secondary N) is 2. The Morgan fingerprint density at radius 2 is 2.00 bits per heavy atom. The number of hydroxylamine groups is 1. The topological polar surface area (TPSA) is 87.7 Å². The predicted molar refractivity (Wildman–Crippen MR) is 45.3 cm³/mol. The van der Waals surface area contributed by atoms with E-state index in [0.717, 1.165) is 6.92 Å². The van der Waals surface area contributed by atoms with Crippen molar-refractivity contribution < 1.29 is 32.7 Å². The lowest BCUT2D eigenvalue weighted by molar-refractivity contribution is -0.190. The third kappa shape index (κ3) is 8.00. The fraction of sp³-hybridized carbons (Fsp3) is 0.714. The van der Waals surface area contributed by atoms with E-state index in [9.17, 15) is 22.8 Å². The van der Waals surface area contributed by atoms with Gasteiger partial charge in [-0.2, -0.15) is 18.7 Å². The molecule has 94 valence electrons.